The Hall–Kier alpha value is -1.20. The Labute approximate surface area is 84.9 Å². The lowest BCUT2D eigenvalue weighted by molar-refractivity contribution is 0.779. The zero-order valence-electron chi connectivity index (χ0n) is 8.00. The molecule has 0 spiro atoms. The van der Waals surface area contributed by atoms with Crippen molar-refractivity contribution >= 4 is 21.6 Å². The van der Waals surface area contributed by atoms with Gasteiger partial charge in [-0.25, -0.2) is 0 Å². The Balaban J connectivity index is 2.81. The van der Waals surface area contributed by atoms with Crippen LogP contribution in [-0.2, 0) is 0 Å². The molecule has 1 unspecified atom stereocenters. The monoisotopic (exact) mass is 209 g/mol. The van der Waals surface area contributed by atoms with Crippen LogP contribution in [0.1, 0.15) is 24.4 Å². The normalized spacial score (nSPS) is 13.4. The molecule has 2 aromatic heterocycles. The number of pyridine rings is 1. The van der Waals surface area contributed by atoms with Crippen molar-refractivity contribution in [3.05, 3.63) is 27.8 Å². The second-order valence-electron chi connectivity index (χ2n) is 3.35. The third-order valence-corrected chi connectivity index (χ3v) is 3.04. The quantitative estimate of drug-likeness (QED) is 0.744. The van der Waals surface area contributed by atoms with Crippen LogP contribution in [0.25, 0.3) is 10.1 Å². The number of hydrogen-bond acceptors (Lipinski definition) is 4. The predicted molar refractivity (Wildman–Crippen MR) is 57.6 cm³/mol. The van der Waals surface area contributed by atoms with Crippen LogP contribution in [-0.4, -0.2) is 9.36 Å². The number of nitrogens with one attached hydrogen (secondary N) is 1. The number of fused-ring (bicyclic) bond motifs is 1. The summed E-state index contributed by atoms with van der Waals surface area (Å²) in [5.41, 5.74) is 7.13. The number of nitrogens with two attached hydrogens (primary N) is 1. The van der Waals surface area contributed by atoms with E-state index in [0.717, 1.165) is 16.1 Å². The van der Waals surface area contributed by atoms with Crippen LogP contribution >= 0.6 is 11.5 Å². The van der Waals surface area contributed by atoms with Gasteiger partial charge < -0.3 is 10.7 Å². The van der Waals surface area contributed by atoms with Crippen LogP contribution < -0.4 is 11.3 Å². The highest BCUT2D eigenvalue weighted by atomic mass is 32.1. The highest BCUT2D eigenvalue weighted by molar-refractivity contribution is 7.13. The Kier molecular flexibility index (Phi) is 2.13. The molecule has 0 saturated heterocycles. The predicted octanol–water partition coefficient (Wildman–Crippen LogP) is 1.31. The van der Waals surface area contributed by atoms with Crippen molar-refractivity contribution in [3.63, 3.8) is 0 Å². The van der Waals surface area contributed by atoms with Crippen molar-refractivity contribution in [2.24, 2.45) is 5.73 Å². The fraction of sp³-hybridized carbons (Fsp3) is 0.333. The zero-order chi connectivity index (χ0) is 10.3. The summed E-state index contributed by atoms with van der Waals surface area (Å²) in [4.78, 5) is 14.4. The minimum atomic E-state index is -0.158. The van der Waals surface area contributed by atoms with Gasteiger partial charge in [-0.05, 0) is 31.4 Å². The smallest absolute Gasteiger partial charge is 0.258 e. The number of hydrogen-bond donors (Lipinski definition) is 2. The molecule has 4 nitrogen and oxygen atoms in total. The molecule has 14 heavy (non-hydrogen) atoms. The maximum atomic E-state index is 11.6. The van der Waals surface area contributed by atoms with Gasteiger partial charge in [0.25, 0.3) is 5.56 Å². The molecule has 0 aliphatic heterocycles. The minimum absolute atomic E-state index is 0.0962. The first kappa shape index (κ1) is 9.36. The first-order valence-corrected chi connectivity index (χ1v) is 5.11. The summed E-state index contributed by atoms with van der Waals surface area (Å²) < 4.78 is 5.04. The van der Waals surface area contributed by atoms with Crippen LogP contribution in [0, 0.1) is 6.92 Å². The van der Waals surface area contributed by atoms with Crippen LogP contribution in [0.4, 0.5) is 0 Å². The molecule has 0 amide bonds. The van der Waals surface area contributed by atoms with Crippen LogP contribution in [0.5, 0.6) is 0 Å². The van der Waals surface area contributed by atoms with Crippen molar-refractivity contribution in [1.82, 2.24) is 9.36 Å². The molecule has 3 N–H and O–H groups in total. The fourth-order valence-electron chi connectivity index (χ4n) is 1.38. The molecule has 2 rings (SSSR count). The molecule has 0 aromatic carbocycles. The van der Waals surface area contributed by atoms with Crippen LogP contribution in [0.3, 0.4) is 0 Å². The van der Waals surface area contributed by atoms with E-state index in [2.05, 4.69) is 9.36 Å². The van der Waals surface area contributed by atoms with Crippen molar-refractivity contribution < 1.29 is 0 Å². The number of H-pyrrole nitrogens is 1. The van der Waals surface area contributed by atoms with E-state index in [0.29, 0.717) is 5.39 Å². The third-order valence-electron chi connectivity index (χ3n) is 2.15. The molecule has 0 radical (unpaired) electrons. The lowest BCUT2D eigenvalue weighted by Crippen LogP contribution is -2.15. The molecule has 2 heterocycles. The third kappa shape index (κ3) is 1.34. The lowest BCUT2D eigenvalue weighted by atomic mass is 10.2. The summed E-state index contributed by atoms with van der Waals surface area (Å²) in [5.74, 6) is 0. The minimum Gasteiger partial charge on any atom is -0.324 e. The maximum absolute atomic E-state index is 11.6. The van der Waals surface area contributed by atoms with Gasteiger partial charge in [0.1, 0.15) is 0 Å². The van der Waals surface area contributed by atoms with E-state index in [1.807, 2.05) is 19.9 Å². The maximum Gasteiger partial charge on any atom is 0.258 e. The van der Waals surface area contributed by atoms with E-state index < -0.39 is 0 Å². The summed E-state index contributed by atoms with van der Waals surface area (Å²) in [5, 5.41) is 0.680. The van der Waals surface area contributed by atoms with Gasteiger partial charge in [0.2, 0.25) is 0 Å². The zero-order valence-corrected chi connectivity index (χ0v) is 8.81. The molecule has 0 saturated carbocycles. The Morgan fingerprint density at radius 2 is 2.36 bits per heavy atom. The Morgan fingerprint density at radius 1 is 1.64 bits per heavy atom. The highest BCUT2D eigenvalue weighted by Crippen LogP contribution is 2.20. The summed E-state index contributed by atoms with van der Waals surface area (Å²) in [6, 6.07) is 1.74. The summed E-state index contributed by atoms with van der Waals surface area (Å²) >= 11 is 1.33. The summed E-state index contributed by atoms with van der Waals surface area (Å²) in [6.45, 7) is 3.67. The van der Waals surface area contributed by atoms with Crippen molar-refractivity contribution in [2.45, 2.75) is 19.9 Å². The van der Waals surface area contributed by atoms with Gasteiger partial charge in [0.15, 0.2) is 0 Å². The largest absolute Gasteiger partial charge is 0.324 e. The van der Waals surface area contributed by atoms with Crippen LogP contribution in [0.15, 0.2) is 10.9 Å². The molecule has 0 fully saturated rings. The molecule has 0 bridgehead atoms. The Morgan fingerprint density at radius 3 is 3.00 bits per heavy atom. The molecule has 0 aliphatic carbocycles. The van der Waals surface area contributed by atoms with Gasteiger partial charge >= 0.3 is 0 Å². The van der Waals surface area contributed by atoms with E-state index in [4.69, 9.17) is 5.73 Å². The second-order valence-corrected chi connectivity index (χ2v) is 4.15. The molecule has 1 atom stereocenters. The van der Waals surface area contributed by atoms with Gasteiger partial charge in [0, 0.05) is 11.7 Å². The number of rotatable bonds is 1. The summed E-state index contributed by atoms with van der Waals surface area (Å²) in [7, 11) is 0. The van der Waals surface area contributed by atoms with Gasteiger partial charge in [-0.1, -0.05) is 0 Å². The fourth-order valence-corrected chi connectivity index (χ4v) is 2.22. The number of aromatic nitrogens is 2. The van der Waals surface area contributed by atoms with Crippen molar-refractivity contribution in [3.8, 4) is 0 Å². The van der Waals surface area contributed by atoms with E-state index >= 15 is 0 Å². The van der Waals surface area contributed by atoms with Crippen molar-refractivity contribution in [1.29, 1.82) is 0 Å². The van der Waals surface area contributed by atoms with Crippen molar-refractivity contribution in [2.75, 3.05) is 0 Å². The van der Waals surface area contributed by atoms with Gasteiger partial charge in [0.05, 0.1) is 15.8 Å². The van der Waals surface area contributed by atoms with Gasteiger partial charge in [-0.15, -0.1) is 0 Å². The lowest BCUT2D eigenvalue weighted by Gasteiger charge is -2.04. The molecule has 5 heteroatoms. The topological polar surface area (TPSA) is 71.8 Å². The van der Waals surface area contributed by atoms with Gasteiger partial charge in [-0.3, -0.25) is 4.79 Å². The first-order valence-electron chi connectivity index (χ1n) is 4.34. The Bertz CT molecular complexity index is 526. The number of aromatic amines is 1. The van der Waals surface area contributed by atoms with E-state index in [9.17, 15) is 4.79 Å². The number of nitrogens with zero attached hydrogens (tertiary/aromatic N) is 1. The number of aryl methyl sites for hydroxylation is 1. The SMILES string of the molecule is Cc1nsc2cc(C(C)N)[nH]c(=O)c12. The molecular weight excluding hydrogens is 198 g/mol. The van der Waals surface area contributed by atoms with E-state index in [1.54, 1.807) is 0 Å². The highest BCUT2D eigenvalue weighted by Gasteiger charge is 2.09. The average molecular weight is 209 g/mol. The van der Waals surface area contributed by atoms with E-state index in [-0.39, 0.29) is 11.6 Å². The second kappa shape index (κ2) is 3.18. The molecule has 74 valence electrons. The average Bonchev–Trinajstić information content (AvgIpc) is 2.48. The summed E-state index contributed by atoms with van der Waals surface area (Å²) in [6.07, 6.45) is 0. The molecule has 2 aromatic rings. The molecule has 0 aliphatic rings. The molecular formula is C9H11N3OS. The first-order chi connectivity index (χ1) is 6.59. The van der Waals surface area contributed by atoms with E-state index in [1.165, 1.54) is 11.5 Å². The van der Waals surface area contributed by atoms with Gasteiger partial charge in [-0.2, -0.15) is 4.37 Å². The van der Waals surface area contributed by atoms with Crippen LogP contribution in [0.2, 0.25) is 0 Å². The standard InChI is InChI=1S/C9H11N3OS/c1-4(10)6-3-7-8(9(13)11-6)5(2)12-14-7/h3-4H,10H2,1-2H3,(H,11,13).